The molecule has 2 nitrogen and oxygen atoms in total. The lowest BCUT2D eigenvalue weighted by molar-refractivity contribution is 1.46. The molecule has 6 aromatic heterocycles. The lowest BCUT2D eigenvalue weighted by Gasteiger charge is -1.98. The topological polar surface area (TPSA) is 47.6 Å². The lowest BCUT2D eigenvalue weighted by atomic mass is 10.2. The summed E-state index contributed by atoms with van der Waals surface area (Å²) in [5.41, 5.74) is 4.24. The quantitative estimate of drug-likeness (QED) is 0.206. The molecule has 0 aromatic carbocycles. The van der Waals surface area contributed by atoms with Crippen LogP contribution in [-0.2, 0) is 0 Å². The van der Waals surface area contributed by atoms with Crippen molar-refractivity contribution in [2.75, 3.05) is 0 Å². The summed E-state index contributed by atoms with van der Waals surface area (Å²) in [6.45, 7) is 8.24. The van der Waals surface area contributed by atoms with Gasteiger partial charge in [0.1, 0.15) is 0 Å². The molecule has 0 unspecified atom stereocenters. The normalized spacial score (nSPS) is 13.0. The van der Waals surface area contributed by atoms with Crippen molar-refractivity contribution in [3.63, 3.8) is 0 Å². The van der Waals surface area contributed by atoms with Crippen molar-refractivity contribution < 1.29 is 0 Å². The predicted octanol–water partition coefficient (Wildman–Crippen LogP) is 10.8. The Morgan fingerprint density at radius 1 is 0.618 bits per heavy atom. The molecule has 0 aliphatic carbocycles. The smallest absolute Gasteiger partial charge is 0.0944 e. The summed E-state index contributed by atoms with van der Waals surface area (Å²) in [6, 6.07) is 8.89. The third-order valence-corrected chi connectivity index (χ3v) is 14.0. The summed E-state index contributed by atoms with van der Waals surface area (Å²) in [6.07, 6.45) is 3.96. The molecule has 0 fully saturated rings. The highest BCUT2D eigenvalue weighted by molar-refractivity contribution is 7.42. The molecule has 0 saturated heterocycles. The molecule has 6 heterocycles. The van der Waals surface area contributed by atoms with Crippen LogP contribution in [0.2, 0.25) is 0 Å². The maximum absolute atomic E-state index is 9.12. The zero-order valence-corrected chi connectivity index (χ0v) is 23.6. The number of thiophene rings is 6. The Kier molecular flexibility index (Phi) is 5.31. The van der Waals surface area contributed by atoms with Gasteiger partial charge < -0.3 is 0 Å². The van der Waals surface area contributed by atoms with Crippen LogP contribution in [0.5, 0.6) is 0 Å². The molecular weight excluding hydrogens is 533 g/mol. The highest BCUT2D eigenvalue weighted by Crippen LogP contribution is 2.54. The van der Waals surface area contributed by atoms with Crippen LogP contribution in [0.4, 0.5) is 0 Å². The average molecular weight is 549 g/mol. The van der Waals surface area contributed by atoms with Crippen LogP contribution in [0.1, 0.15) is 34.7 Å². The fourth-order valence-electron chi connectivity index (χ4n) is 4.08. The van der Waals surface area contributed by atoms with Gasteiger partial charge in [-0.2, -0.15) is 10.5 Å². The number of fused-ring (bicyclic) bond motifs is 6. The summed E-state index contributed by atoms with van der Waals surface area (Å²) >= 11 is 11.2. The standard InChI is InChI=1S/C26H16N2S6/c1-11(9-27)5-15-7-17-23(29-15)25-21(31-17)13(3)19(33-25)20-14(4)22-26(34-20)24-18(32-22)8-16(30-24)6-12(2)10-28/h5-8H,1-4H3/b11-5-,12-6-. The molecule has 0 amide bonds. The van der Waals surface area contributed by atoms with Crippen molar-refractivity contribution in [2.45, 2.75) is 27.7 Å². The maximum Gasteiger partial charge on any atom is 0.0944 e. The Morgan fingerprint density at radius 3 is 1.41 bits per heavy atom. The number of nitriles is 2. The van der Waals surface area contributed by atoms with E-state index < -0.39 is 0 Å². The number of hydrogen-bond acceptors (Lipinski definition) is 8. The van der Waals surface area contributed by atoms with Crippen molar-refractivity contribution in [1.82, 2.24) is 0 Å². The second kappa shape index (κ2) is 8.13. The van der Waals surface area contributed by atoms with E-state index in [9.17, 15) is 0 Å². The monoisotopic (exact) mass is 548 g/mol. The molecule has 6 aromatic rings. The zero-order valence-electron chi connectivity index (χ0n) is 18.7. The molecular formula is C26H16N2S6. The van der Waals surface area contributed by atoms with Crippen molar-refractivity contribution in [3.05, 3.63) is 44.2 Å². The van der Waals surface area contributed by atoms with Crippen LogP contribution < -0.4 is 0 Å². The first-order valence-electron chi connectivity index (χ1n) is 10.5. The third kappa shape index (κ3) is 3.33. The van der Waals surface area contributed by atoms with Gasteiger partial charge in [-0.25, -0.2) is 0 Å². The van der Waals surface area contributed by atoms with Gasteiger partial charge in [0.05, 0.1) is 40.3 Å². The first-order chi connectivity index (χ1) is 16.4. The maximum atomic E-state index is 9.12. The summed E-state index contributed by atoms with van der Waals surface area (Å²) < 4.78 is 10.9. The van der Waals surface area contributed by atoms with Crippen molar-refractivity contribution in [2.24, 2.45) is 0 Å². The van der Waals surface area contributed by atoms with E-state index >= 15 is 0 Å². The molecule has 6 rings (SSSR count). The molecule has 0 aliphatic heterocycles. The molecule has 0 saturated carbocycles. The first-order valence-corrected chi connectivity index (χ1v) is 15.4. The van der Waals surface area contributed by atoms with Gasteiger partial charge in [-0.1, -0.05) is 0 Å². The summed E-state index contributed by atoms with van der Waals surface area (Å²) in [5.74, 6) is 0. The predicted molar refractivity (Wildman–Crippen MR) is 157 cm³/mol. The third-order valence-electron chi connectivity index (χ3n) is 5.73. The Morgan fingerprint density at radius 2 is 1.03 bits per heavy atom. The second-order valence-corrected chi connectivity index (χ2v) is 14.5. The van der Waals surface area contributed by atoms with Gasteiger partial charge in [0.25, 0.3) is 0 Å². The largest absolute Gasteiger partial charge is 0.193 e. The van der Waals surface area contributed by atoms with Gasteiger partial charge >= 0.3 is 0 Å². The fraction of sp³-hybridized carbons (Fsp3) is 0.154. The average Bonchev–Trinajstić information content (AvgIpc) is 3.61. The van der Waals surface area contributed by atoms with Gasteiger partial charge in [0.15, 0.2) is 0 Å². The van der Waals surface area contributed by atoms with Crippen LogP contribution in [-0.4, -0.2) is 0 Å². The van der Waals surface area contributed by atoms with Crippen molar-refractivity contribution >= 4 is 118 Å². The molecule has 0 aliphatic rings. The molecule has 0 spiro atoms. The van der Waals surface area contributed by atoms with Crippen molar-refractivity contribution in [1.29, 1.82) is 10.5 Å². The molecule has 0 bridgehead atoms. The summed E-state index contributed by atoms with van der Waals surface area (Å²) in [4.78, 5) is 5.08. The number of rotatable bonds is 3. The Hall–Kier alpha value is -2.30. The van der Waals surface area contributed by atoms with E-state index in [0.717, 1.165) is 20.9 Å². The van der Waals surface area contributed by atoms with E-state index in [1.54, 1.807) is 22.7 Å². The zero-order chi connectivity index (χ0) is 23.7. The first kappa shape index (κ1) is 22.2. The van der Waals surface area contributed by atoms with Crippen LogP contribution in [0.25, 0.3) is 59.5 Å². The van der Waals surface area contributed by atoms with Gasteiger partial charge in [-0.15, -0.1) is 68.0 Å². The molecule has 8 heteroatoms. The van der Waals surface area contributed by atoms with Crippen molar-refractivity contribution in [3.8, 4) is 21.9 Å². The van der Waals surface area contributed by atoms with E-state index in [1.807, 2.05) is 71.3 Å². The van der Waals surface area contributed by atoms with Gasteiger partial charge in [-0.05, 0) is 63.1 Å². The molecule has 166 valence electrons. The summed E-state index contributed by atoms with van der Waals surface area (Å²) in [5, 5.41) is 18.2. The Balaban J connectivity index is 1.50. The fourth-order valence-corrected chi connectivity index (χ4v) is 12.8. The lowest BCUT2D eigenvalue weighted by Crippen LogP contribution is -1.73. The van der Waals surface area contributed by atoms with Gasteiger partial charge in [-0.3, -0.25) is 0 Å². The van der Waals surface area contributed by atoms with E-state index in [0.29, 0.717) is 0 Å². The molecule has 0 atom stereocenters. The van der Waals surface area contributed by atoms with Crippen LogP contribution >= 0.6 is 68.0 Å². The second-order valence-electron chi connectivity index (χ2n) is 8.20. The number of allylic oxidation sites excluding steroid dienone is 2. The van der Waals surface area contributed by atoms with E-state index in [2.05, 4.69) is 38.1 Å². The van der Waals surface area contributed by atoms with E-state index in [1.165, 1.54) is 58.5 Å². The Labute approximate surface area is 220 Å². The Bertz CT molecular complexity index is 1780. The minimum Gasteiger partial charge on any atom is -0.193 e. The van der Waals surface area contributed by atoms with Crippen LogP contribution in [0.15, 0.2) is 23.3 Å². The van der Waals surface area contributed by atoms with E-state index in [4.69, 9.17) is 10.5 Å². The van der Waals surface area contributed by atoms with Crippen LogP contribution in [0.3, 0.4) is 0 Å². The highest BCUT2D eigenvalue weighted by atomic mass is 32.1. The highest BCUT2D eigenvalue weighted by Gasteiger charge is 2.23. The van der Waals surface area contributed by atoms with Crippen LogP contribution in [0, 0.1) is 36.5 Å². The molecule has 0 N–H and O–H groups in total. The number of aryl methyl sites for hydroxylation is 2. The van der Waals surface area contributed by atoms with Gasteiger partial charge in [0.2, 0.25) is 0 Å². The number of nitrogens with zero attached hydrogens (tertiary/aromatic N) is 2. The minimum atomic E-state index is 0.740. The minimum absolute atomic E-state index is 0.740. The van der Waals surface area contributed by atoms with Gasteiger partial charge in [0, 0.05) is 40.1 Å². The number of hydrogen-bond donors (Lipinski definition) is 0. The molecule has 0 radical (unpaired) electrons. The SMILES string of the molecule is C/C(C#N)=C/c1cc2sc3c(C)c(-c4sc5c(sc6cc(/C=C(/C)C#N)sc65)c4C)sc3c2s1. The molecule has 34 heavy (non-hydrogen) atoms. The van der Waals surface area contributed by atoms with E-state index in [-0.39, 0.29) is 0 Å². The summed E-state index contributed by atoms with van der Waals surface area (Å²) in [7, 11) is 0.